The minimum absolute atomic E-state index is 0.143. The predicted octanol–water partition coefficient (Wildman–Crippen LogP) is 15.1. The van der Waals surface area contributed by atoms with E-state index < -0.39 is 5.41 Å². The third-order valence-electron chi connectivity index (χ3n) is 12.1. The Morgan fingerprint density at radius 1 is 0.492 bits per heavy atom. The number of hydrogen-bond acceptors (Lipinski definition) is 2. The highest BCUT2D eigenvalue weighted by atomic mass is 16.5. The summed E-state index contributed by atoms with van der Waals surface area (Å²) in [7, 11) is 0. The Hall–Kier alpha value is -6.64. The topological polar surface area (TPSA) is 12.5 Å². The normalized spacial score (nSPS) is 14.5. The predicted molar refractivity (Wildman–Crippen MR) is 247 cm³/mol. The van der Waals surface area contributed by atoms with Crippen molar-refractivity contribution in [1.29, 1.82) is 0 Å². The highest BCUT2D eigenvalue weighted by Crippen LogP contribution is 2.57. The van der Waals surface area contributed by atoms with Crippen LogP contribution in [0.5, 0.6) is 5.75 Å². The Bertz CT molecular complexity index is 2650. The maximum atomic E-state index is 6.46. The molecule has 0 aromatic heterocycles. The minimum Gasteiger partial charge on any atom is -0.489 e. The van der Waals surface area contributed by atoms with E-state index in [4.69, 9.17) is 4.74 Å². The van der Waals surface area contributed by atoms with Gasteiger partial charge < -0.3 is 9.64 Å². The number of ether oxygens (including phenoxy) is 1. The van der Waals surface area contributed by atoms with E-state index in [2.05, 4.69) is 239 Å². The van der Waals surface area contributed by atoms with Gasteiger partial charge in [0.2, 0.25) is 0 Å². The molecule has 0 saturated carbocycles. The van der Waals surface area contributed by atoms with Gasteiger partial charge in [0.1, 0.15) is 12.4 Å². The van der Waals surface area contributed by atoms with Crippen LogP contribution in [0.1, 0.15) is 67.5 Å². The summed E-state index contributed by atoms with van der Waals surface area (Å²) in [6, 6.07) is 75.0. The Labute approximate surface area is 350 Å². The van der Waals surface area contributed by atoms with Crippen LogP contribution in [-0.2, 0) is 17.4 Å². The summed E-state index contributed by atoms with van der Waals surface area (Å²) in [4.78, 5) is 2.38. The van der Waals surface area contributed by atoms with Gasteiger partial charge in [0, 0.05) is 17.1 Å². The zero-order chi connectivity index (χ0) is 40.4. The molecule has 0 heterocycles. The highest BCUT2D eigenvalue weighted by Gasteiger charge is 2.46. The number of nitrogens with zero attached hydrogens (tertiary/aromatic N) is 1. The molecule has 0 bridgehead atoms. The monoisotopic (exact) mass is 765 g/mol. The maximum Gasteiger partial charge on any atom is 0.119 e. The van der Waals surface area contributed by atoms with Gasteiger partial charge in [-0.3, -0.25) is 0 Å². The Morgan fingerprint density at radius 2 is 1.03 bits per heavy atom. The number of hydrogen-bond donors (Lipinski definition) is 0. The number of anilines is 3. The summed E-state index contributed by atoms with van der Waals surface area (Å²) >= 11 is 0. The van der Waals surface area contributed by atoms with E-state index in [0.717, 1.165) is 29.2 Å². The van der Waals surface area contributed by atoms with Gasteiger partial charge in [0.15, 0.2) is 0 Å². The molecule has 0 saturated heterocycles. The van der Waals surface area contributed by atoms with Crippen molar-refractivity contribution in [3.8, 4) is 28.0 Å². The summed E-state index contributed by atoms with van der Waals surface area (Å²) in [6.45, 7) is 9.80. The molecule has 0 spiro atoms. The van der Waals surface area contributed by atoms with Crippen LogP contribution in [0.15, 0.2) is 206 Å². The van der Waals surface area contributed by atoms with Gasteiger partial charge in [-0.05, 0) is 122 Å². The lowest BCUT2D eigenvalue weighted by molar-refractivity contribution is 0.306. The number of fused-ring (bicyclic) bond motifs is 3. The zero-order valence-corrected chi connectivity index (χ0v) is 34.5. The number of para-hydroxylation sites is 1. The summed E-state index contributed by atoms with van der Waals surface area (Å²) in [5, 5.41) is 0. The van der Waals surface area contributed by atoms with Crippen molar-refractivity contribution < 1.29 is 4.74 Å². The smallest absolute Gasteiger partial charge is 0.119 e. The van der Waals surface area contributed by atoms with Gasteiger partial charge in [-0.15, -0.1) is 0 Å². The Morgan fingerprint density at radius 3 is 1.71 bits per heavy atom. The molecule has 0 radical (unpaired) electrons. The SMILES string of the molecule is CC(C)CC(C)(C)c1ccc(COc2ccc(C3(c4ccccc4)c4ccccc4-c4ccc(N(c5ccccc5)c5ccc(-c6ccccc6)cc5)cc43)cc2)cc1. The van der Waals surface area contributed by atoms with Crippen molar-refractivity contribution in [3.63, 3.8) is 0 Å². The molecule has 2 nitrogen and oxygen atoms in total. The molecule has 1 aliphatic rings. The van der Waals surface area contributed by atoms with Gasteiger partial charge in [-0.25, -0.2) is 0 Å². The second-order valence-corrected chi connectivity index (χ2v) is 17.0. The average Bonchev–Trinajstić information content (AvgIpc) is 3.57. The second-order valence-electron chi connectivity index (χ2n) is 17.0. The molecule has 0 aliphatic heterocycles. The molecule has 8 aromatic rings. The molecule has 0 amide bonds. The van der Waals surface area contributed by atoms with Crippen LogP contribution in [0.4, 0.5) is 17.1 Å². The lowest BCUT2D eigenvalue weighted by atomic mass is 9.67. The fourth-order valence-electron chi connectivity index (χ4n) is 9.50. The third kappa shape index (κ3) is 7.25. The maximum absolute atomic E-state index is 6.46. The molecule has 59 heavy (non-hydrogen) atoms. The van der Waals surface area contributed by atoms with Crippen molar-refractivity contribution in [1.82, 2.24) is 0 Å². The van der Waals surface area contributed by atoms with E-state index in [1.165, 1.54) is 55.6 Å². The van der Waals surface area contributed by atoms with E-state index in [0.29, 0.717) is 12.5 Å². The van der Waals surface area contributed by atoms with Gasteiger partial charge in [-0.1, -0.05) is 185 Å². The first-order valence-electron chi connectivity index (χ1n) is 20.9. The fourth-order valence-corrected chi connectivity index (χ4v) is 9.50. The Balaban J connectivity index is 1.11. The second kappa shape index (κ2) is 16.0. The quantitative estimate of drug-likeness (QED) is 0.123. The Kier molecular flexibility index (Phi) is 10.3. The molecule has 1 aliphatic carbocycles. The van der Waals surface area contributed by atoms with E-state index in [9.17, 15) is 0 Å². The van der Waals surface area contributed by atoms with Crippen LogP contribution in [0.25, 0.3) is 22.3 Å². The van der Waals surface area contributed by atoms with Crippen LogP contribution in [0.2, 0.25) is 0 Å². The molecule has 0 fully saturated rings. The van der Waals surface area contributed by atoms with E-state index in [1.807, 2.05) is 0 Å². The minimum atomic E-state index is -0.556. The summed E-state index contributed by atoms with van der Waals surface area (Å²) in [6.07, 6.45) is 1.16. The van der Waals surface area contributed by atoms with Crippen molar-refractivity contribution in [3.05, 3.63) is 240 Å². The molecule has 290 valence electrons. The van der Waals surface area contributed by atoms with Crippen LogP contribution < -0.4 is 9.64 Å². The first kappa shape index (κ1) is 37.9. The van der Waals surface area contributed by atoms with Crippen LogP contribution in [-0.4, -0.2) is 0 Å². The molecule has 0 N–H and O–H groups in total. The van der Waals surface area contributed by atoms with Crippen molar-refractivity contribution >= 4 is 17.1 Å². The van der Waals surface area contributed by atoms with Gasteiger partial charge in [-0.2, -0.15) is 0 Å². The fraction of sp³-hybridized carbons (Fsp3) is 0.158. The van der Waals surface area contributed by atoms with Gasteiger partial charge >= 0.3 is 0 Å². The van der Waals surface area contributed by atoms with Crippen molar-refractivity contribution in [2.75, 3.05) is 4.90 Å². The first-order chi connectivity index (χ1) is 28.8. The van der Waals surface area contributed by atoms with Crippen LogP contribution in [0.3, 0.4) is 0 Å². The summed E-state index contributed by atoms with van der Waals surface area (Å²) in [5.41, 5.74) is 15.3. The van der Waals surface area contributed by atoms with E-state index in [1.54, 1.807) is 0 Å². The van der Waals surface area contributed by atoms with Crippen molar-refractivity contribution in [2.24, 2.45) is 5.92 Å². The summed E-state index contributed by atoms with van der Waals surface area (Å²) < 4.78 is 6.46. The molecule has 1 atom stereocenters. The standard InChI is InChI=1S/C57H51NO/c1-41(2)39-56(3,4)45-28-24-42(25-29-45)40-59-51-35-30-47(31-36-51)57(46-18-10-6-11-19-46)54-23-15-14-22-52(54)53-37-34-50(38-55(53)57)58(48-20-12-7-13-21-48)49-32-26-44(27-33-49)43-16-8-5-9-17-43/h5-38,41H,39-40H2,1-4H3. The van der Waals surface area contributed by atoms with E-state index in [-0.39, 0.29) is 5.41 Å². The third-order valence-corrected chi connectivity index (χ3v) is 12.1. The van der Waals surface area contributed by atoms with Crippen LogP contribution >= 0.6 is 0 Å². The molecule has 8 aromatic carbocycles. The lowest BCUT2D eigenvalue weighted by Crippen LogP contribution is -2.28. The number of rotatable bonds is 12. The largest absolute Gasteiger partial charge is 0.489 e. The molecule has 1 unspecified atom stereocenters. The highest BCUT2D eigenvalue weighted by molar-refractivity contribution is 5.89. The van der Waals surface area contributed by atoms with Gasteiger partial charge in [0.25, 0.3) is 0 Å². The molecular formula is C57H51NO. The van der Waals surface area contributed by atoms with Gasteiger partial charge in [0.05, 0.1) is 5.41 Å². The summed E-state index contributed by atoms with van der Waals surface area (Å²) in [5.74, 6) is 1.51. The molecule has 2 heteroatoms. The van der Waals surface area contributed by atoms with E-state index >= 15 is 0 Å². The van der Waals surface area contributed by atoms with Crippen LogP contribution in [0, 0.1) is 5.92 Å². The molecule has 9 rings (SSSR count). The lowest BCUT2D eigenvalue weighted by Gasteiger charge is -2.35. The molecular weight excluding hydrogens is 715 g/mol. The average molecular weight is 766 g/mol. The first-order valence-corrected chi connectivity index (χ1v) is 20.9. The number of benzene rings is 8. The zero-order valence-electron chi connectivity index (χ0n) is 34.5. The van der Waals surface area contributed by atoms with Crippen molar-refractivity contribution in [2.45, 2.75) is 51.6 Å².